The van der Waals surface area contributed by atoms with Crippen molar-refractivity contribution in [1.29, 1.82) is 0 Å². The van der Waals surface area contributed by atoms with E-state index in [1.807, 2.05) is 36.4 Å². The number of nitrogens with two attached hydrogens (primary N) is 1. The summed E-state index contributed by atoms with van der Waals surface area (Å²) in [5, 5.41) is 10.0. The van der Waals surface area contributed by atoms with E-state index in [0.717, 1.165) is 16.7 Å². The highest BCUT2D eigenvalue weighted by atomic mass is 35.5. The van der Waals surface area contributed by atoms with Gasteiger partial charge < -0.3 is 10.8 Å². The van der Waals surface area contributed by atoms with E-state index < -0.39 is 0 Å². The van der Waals surface area contributed by atoms with Gasteiger partial charge in [-0.05, 0) is 35.2 Å². The van der Waals surface area contributed by atoms with E-state index >= 15 is 0 Å². The quantitative estimate of drug-likeness (QED) is 0.890. The van der Waals surface area contributed by atoms with Crippen LogP contribution in [0.4, 0.5) is 0 Å². The molecule has 5 heteroatoms. The second-order valence-electron chi connectivity index (χ2n) is 4.47. The van der Waals surface area contributed by atoms with Crippen molar-refractivity contribution in [3.05, 3.63) is 58.1 Å². The Labute approximate surface area is 134 Å². The molecule has 0 bridgehead atoms. The predicted octanol–water partition coefficient (Wildman–Crippen LogP) is 3.94. The Morgan fingerprint density at radius 3 is 2.10 bits per heavy atom. The van der Waals surface area contributed by atoms with Gasteiger partial charge in [-0.25, -0.2) is 0 Å². The molecule has 0 saturated carbocycles. The zero-order valence-electron chi connectivity index (χ0n) is 10.7. The Morgan fingerprint density at radius 1 is 0.950 bits per heavy atom. The van der Waals surface area contributed by atoms with Gasteiger partial charge >= 0.3 is 0 Å². The zero-order valence-corrected chi connectivity index (χ0v) is 13.1. The molecule has 0 heterocycles. The van der Waals surface area contributed by atoms with E-state index in [4.69, 9.17) is 34.0 Å². The molecule has 1 unspecified atom stereocenters. The first-order chi connectivity index (χ1) is 9.10. The maximum absolute atomic E-state index is 8.93. The van der Waals surface area contributed by atoms with Gasteiger partial charge in [-0.1, -0.05) is 53.5 Å². The minimum Gasteiger partial charge on any atom is -0.395 e. The highest BCUT2D eigenvalue weighted by Gasteiger charge is 2.04. The van der Waals surface area contributed by atoms with Crippen LogP contribution in [0.25, 0.3) is 11.1 Å². The van der Waals surface area contributed by atoms with Crippen molar-refractivity contribution in [2.24, 2.45) is 5.73 Å². The van der Waals surface area contributed by atoms with Crippen LogP contribution < -0.4 is 5.73 Å². The lowest BCUT2D eigenvalue weighted by Crippen LogP contribution is -2.26. The molecule has 20 heavy (non-hydrogen) atoms. The number of benzene rings is 2. The first-order valence-electron chi connectivity index (χ1n) is 6.01. The average Bonchev–Trinajstić information content (AvgIpc) is 2.42. The average molecular weight is 333 g/mol. The summed E-state index contributed by atoms with van der Waals surface area (Å²) in [5.41, 5.74) is 8.90. The summed E-state index contributed by atoms with van der Waals surface area (Å²) in [6, 6.07) is 13.4. The largest absolute Gasteiger partial charge is 0.395 e. The highest BCUT2D eigenvalue weighted by Crippen LogP contribution is 2.28. The standard InChI is InChI=1S/C15H15Cl2NO.ClH/c16-14-6-5-12(8-15(14)17)11-3-1-10(2-4-11)7-13(18)9-19;/h1-6,8,13,19H,7,9,18H2;1H. The lowest BCUT2D eigenvalue weighted by molar-refractivity contribution is 0.265. The monoisotopic (exact) mass is 331 g/mol. The van der Waals surface area contributed by atoms with Crippen LogP contribution in [0.3, 0.4) is 0 Å². The van der Waals surface area contributed by atoms with E-state index in [2.05, 4.69) is 0 Å². The Hall–Kier alpha value is -0.770. The fraction of sp³-hybridized carbons (Fsp3) is 0.200. The van der Waals surface area contributed by atoms with E-state index in [9.17, 15) is 0 Å². The highest BCUT2D eigenvalue weighted by molar-refractivity contribution is 6.42. The first kappa shape index (κ1) is 17.3. The molecule has 0 saturated heterocycles. The number of aliphatic hydroxyl groups excluding tert-OH is 1. The van der Waals surface area contributed by atoms with Gasteiger partial charge in [0.05, 0.1) is 16.7 Å². The van der Waals surface area contributed by atoms with Crippen LogP contribution in [0.2, 0.25) is 10.0 Å². The van der Waals surface area contributed by atoms with Gasteiger partial charge in [0.25, 0.3) is 0 Å². The molecule has 0 aliphatic rings. The molecule has 1 atom stereocenters. The molecule has 0 fully saturated rings. The zero-order chi connectivity index (χ0) is 13.8. The van der Waals surface area contributed by atoms with Crippen LogP contribution >= 0.6 is 35.6 Å². The minimum atomic E-state index is -0.212. The number of hydrogen-bond donors (Lipinski definition) is 2. The van der Waals surface area contributed by atoms with E-state index in [1.54, 1.807) is 6.07 Å². The Morgan fingerprint density at radius 2 is 1.55 bits per heavy atom. The van der Waals surface area contributed by atoms with Crippen molar-refractivity contribution < 1.29 is 5.11 Å². The van der Waals surface area contributed by atoms with Crippen molar-refractivity contribution in [2.45, 2.75) is 12.5 Å². The molecule has 0 aromatic heterocycles. The minimum absolute atomic E-state index is 0. The summed E-state index contributed by atoms with van der Waals surface area (Å²) in [6.45, 7) is -0.00541. The molecule has 2 nitrogen and oxygen atoms in total. The van der Waals surface area contributed by atoms with E-state index in [1.165, 1.54) is 0 Å². The molecule has 2 aromatic carbocycles. The summed E-state index contributed by atoms with van der Waals surface area (Å²) < 4.78 is 0. The second-order valence-corrected chi connectivity index (χ2v) is 5.29. The van der Waals surface area contributed by atoms with Crippen LogP contribution in [0.15, 0.2) is 42.5 Å². The lowest BCUT2D eigenvalue weighted by Gasteiger charge is -2.09. The fourth-order valence-electron chi connectivity index (χ4n) is 1.88. The number of halogens is 3. The number of rotatable bonds is 4. The predicted molar refractivity (Wildman–Crippen MR) is 87.9 cm³/mol. The Bertz CT molecular complexity index is 558. The molecule has 2 aromatic rings. The van der Waals surface area contributed by atoms with E-state index in [0.29, 0.717) is 16.5 Å². The molecule has 0 aliphatic heterocycles. The van der Waals surface area contributed by atoms with Gasteiger partial charge in [-0.2, -0.15) is 0 Å². The maximum atomic E-state index is 8.93. The lowest BCUT2D eigenvalue weighted by atomic mass is 10.0. The van der Waals surface area contributed by atoms with Gasteiger partial charge in [0.1, 0.15) is 0 Å². The van der Waals surface area contributed by atoms with Crippen molar-refractivity contribution in [3.63, 3.8) is 0 Å². The summed E-state index contributed by atoms with van der Waals surface area (Å²) in [6.07, 6.45) is 0.665. The van der Waals surface area contributed by atoms with Gasteiger partial charge in [0.2, 0.25) is 0 Å². The number of aliphatic hydroxyl groups is 1. The smallest absolute Gasteiger partial charge is 0.0598 e. The van der Waals surface area contributed by atoms with Gasteiger partial charge in [-0.15, -0.1) is 12.4 Å². The third kappa shape index (κ3) is 4.37. The third-order valence-electron chi connectivity index (χ3n) is 2.94. The summed E-state index contributed by atoms with van der Waals surface area (Å²) in [5.74, 6) is 0. The number of hydrogen-bond acceptors (Lipinski definition) is 2. The van der Waals surface area contributed by atoms with Crippen LogP contribution in [0, 0.1) is 0 Å². The molecular weight excluding hydrogens is 317 g/mol. The van der Waals surface area contributed by atoms with Gasteiger partial charge in [0.15, 0.2) is 0 Å². The van der Waals surface area contributed by atoms with Crippen LogP contribution in [-0.4, -0.2) is 17.8 Å². The molecule has 0 spiro atoms. The molecule has 2 rings (SSSR count). The van der Waals surface area contributed by atoms with Crippen molar-refractivity contribution in [3.8, 4) is 11.1 Å². The van der Waals surface area contributed by atoms with Crippen LogP contribution in [0.5, 0.6) is 0 Å². The second kappa shape index (κ2) is 7.87. The summed E-state index contributed by atoms with van der Waals surface area (Å²) >= 11 is 11.9. The van der Waals surface area contributed by atoms with Crippen LogP contribution in [-0.2, 0) is 6.42 Å². The molecule has 0 aliphatic carbocycles. The Kier molecular flexibility index (Phi) is 6.80. The molecule has 0 amide bonds. The van der Waals surface area contributed by atoms with Crippen molar-refractivity contribution >= 4 is 35.6 Å². The molecular formula is C15H16Cl3NO. The van der Waals surface area contributed by atoms with Crippen LogP contribution in [0.1, 0.15) is 5.56 Å². The molecule has 3 N–H and O–H groups in total. The van der Waals surface area contributed by atoms with Crippen molar-refractivity contribution in [2.75, 3.05) is 6.61 Å². The fourth-order valence-corrected chi connectivity index (χ4v) is 2.17. The summed E-state index contributed by atoms with van der Waals surface area (Å²) in [4.78, 5) is 0. The molecule has 108 valence electrons. The normalized spacial score (nSPS) is 11.8. The van der Waals surface area contributed by atoms with Gasteiger partial charge in [-0.3, -0.25) is 0 Å². The first-order valence-corrected chi connectivity index (χ1v) is 6.76. The molecule has 0 radical (unpaired) electrons. The summed E-state index contributed by atoms with van der Waals surface area (Å²) in [7, 11) is 0. The maximum Gasteiger partial charge on any atom is 0.0598 e. The van der Waals surface area contributed by atoms with E-state index in [-0.39, 0.29) is 25.1 Å². The Balaban J connectivity index is 0.00000200. The SMILES string of the molecule is Cl.NC(CO)Cc1ccc(-c2ccc(Cl)c(Cl)c2)cc1. The third-order valence-corrected chi connectivity index (χ3v) is 3.68. The van der Waals surface area contributed by atoms with Gasteiger partial charge in [0, 0.05) is 6.04 Å². The topological polar surface area (TPSA) is 46.2 Å². The van der Waals surface area contributed by atoms with Crippen molar-refractivity contribution in [1.82, 2.24) is 0 Å².